The molecule has 0 unspecified atom stereocenters. The van der Waals surface area contributed by atoms with Crippen LogP contribution in [0.1, 0.15) is 11.1 Å². The van der Waals surface area contributed by atoms with Crippen LogP contribution in [0.15, 0.2) is 0 Å². The Kier molecular flexibility index (Phi) is 9.03. The fraction of sp³-hybridized carbons (Fsp3) is 0.250. The summed E-state index contributed by atoms with van der Waals surface area (Å²) in [4.78, 5) is 0. The van der Waals surface area contributed by atoms with Gasteiger partial charge in [-0.15, -0.1) is 33.7 Å². The first-order valence-electron chi connectivity index (χ1n) is 6.21. The SMILES string of the molecule is O=S(=O)(O)[O+](Cc1c(Cl)c(Cl)c(C[O+](S(=O)(=O)O)S(=O)(=O)Cl)c(Cl)c1Cl)S(=O)(=O)Cl. The van der Waals surface area contributed by atoms with E-state index in [1.165, 1.54) is 0 Å². The van der Waals surface area contributed by atoms with Gasteiger partial charge in [0, 0.05) is 0 Å². The molecule has 0 atom stereocenters. The Bertz CT molecular complexity index is 1090. The molecule has 0 heterocycles. The zero-order valence-corrected chi connectivity index (χ0v) is 21.1. The predicted molar refractivity (Wildman–Crippen MR) is 109 cm³/mol. The molecule has 174 valence electrons. The second-order valence-electron chi connectivity index (χ2n) is 4.75. The van der Waals surface area contributed by atoms with E-state index in [9.17, 15) is 33.7 Å². The van der Waals surface area contributed by atoms with Gasteiger partial charge in [-0.05, 0) is 0 Å². The molecule has 0 saturated heterocycles. The van der Waals surface area contributed by atoms with Gasteiger partial charge in [-0.2, -0.15) is 6.52 Å². The topological polar surface area (TPSA) is 182 Å². The summed E-state index contributed by atoms with van der Waals surface area (Å²) >= 11 is 23.5. The molecule has 0 aliphatic carbocycles. The molecule has 0 saturated carbocycles. The summed E-state index contributed by atoms with van der Waals surface area (Å²) in [6, 6.07) is 0. The number of hydrogen-bond donors (Lipinski definition) is 2. The van der Waals surface area contributed by atoms with Gasteiger partial charge in [0.2, 0.25) is 13.2 Å². The lowest BCUT2D eigenvalue weighted by atomic mass is 10.1. The van der Waals surface area contributed by atoms with E-state index in [0.29, 0.717) is 6.52 Å². The largest absolute Gasteiger partial charge is 0.546 e. The van der Waals surface area contributed by atoms with Crippen molar-refractivity contribution in [2.75, 3.05) is 0 Å². The molecule has 1 rings (SSSR count). The van der Waals surface area contributed by atoms with Crippen molar-refractivity contribution in [1.29, 1.82) is 0 Å². The molecule has 0 aromatic heterocycles. The van der Waals surface area contributed by atoms with Crippen molar-refractivity contribution in [1.82, 2.24) is 0 Å². The van der Waals surface area contributed by atoms with Crippen molar-refractivity contribution in [3.8, 4) is 0 Å². The minimum absolute atomic E-state index is 0.370. The van der Waals surface area contributed by atoms with Gasteiger partial charge in [0.1, 0.15) is 21.4 Å². The van der Waals surface area contributed by atoms with Gasteiger partial charge < -0.3 is 0 Å². The minimum Gasteiger partial charge on any atom is -0.222 e. The molecule has 2 N–H and O–H groups in total. The highest BCUT2D eigenvalue weighted by Crippen LogP contribution is 2.44. The van der Waals surface area contributed by atoms with E-state index in [-0.39, 0.29) is 0 Å². The van der Waals surface area contributed by atoms with E-state index in [4.69, 9.17) is 76.9 Å². The van der Waals surface area contributed by atoms with E-state index < -0.39 is 83.9 Å². The zero-order valence-electron chi connectivity index (χ0n) is 13.3. The summed E-state index contributed by atoms with van der Waals surface area (Å²) in [6.07, 6.45) is 0. The van der Waals surface area contributed by atoms with Gasteiger partial charge in [0.05, 0.1) is 31.2 Å². The predicted octanol–water partition coefficient (Wildman–Crippen LogP) is 2.98. The molecular weight excluding hydrogens is 629 g/mol. The van der Waals surface area contributed by atoms with Crippen LogP contribution in [0, 0.1) is 0 Å². The first-order chi connectivity index (χ1) is 13.1. The smallest absolute Gasteiger partial charge is 0.222 e. The highest BCUT2D eigenvalue weighted by molar-refractivity contribution is 8.15. The lowest BCUT2D eigenvalue weighted by Crippen LogP contribution is -2.26. The molecule has 22 heteroatoms. The van der Waals surface area contributed by atoms with Gasteiger partial charge >= 0.3 is 39.5 Å². The molecule has 12 nitrogen and oxygen atoms in total. The van der Waals surface area contributed by atoms with Gasteiger partial charge in [-0.25, -0.2) is 9.11 Å². The highest BCUT2D eigenvalue weighted by Gasteiger charge is 2.43. The Morgan fingerprint density at radius 2 is 0.767 bits per heavy atom. The highest BCUT2D eigenvalue weighted by atomic mass is 35.7. The van der Waals surface area contributed by atoms with E-state index in [1.54, 1.807) is 0 Å². The average molecular weight is 635 g/mol. The normalized spacial score (nSPS) is 13.9. The van der Waals surface area contributed by atoms with E-state index in [1.807, 2.05) is 0 Å². The maximum atomic E-state index is 11.4. The summed E-state index contributed by atoms with van der Waals surface area (Å²) in [7, 11) is -11.7. The summed E-state index contributed by atoms with van der Waals surface area (Å²) in [5, 5.41) is -3.04. The van der Waals surface area contributed by atoms with Crippen LogP contribution < -0.4 is 0 Å². The number of halogens is 6. The lowest BCUT2D eigenvalue weighted by Gasteiger charge is -2.17. The quantitative estimate of drug-likeness (QED) is 0.187. The second kappa shape index (κ2) is 9.46. The van der Waals surface area contributed by atoms with E-state index in [0.717, 1.165) is 0 Å². The van der Waals surface area contributed by atoms with Crippen molar-refractivity contribution in [2.45, 2.75) is 13.2 Å². The number of benzene rings is 1. The van der Waals surface area contributed by atoms with Crippen molar-refractivity contribution >= 4 is 107 Å². The van der Waals surface area contributed by atoms with Crippen LogP contribution in [-0.4, -0.2) is 42.8 Å². The summed E-state index contributed by atoms with van der Waals surface area (Å²) < 4.78 is 109. The van der Waals surface area contributed by atoms with Gasteiger partial charge in [-0.3, -0.25) is 0 Å². The second-order valence-corrected chi connectivity index (χ2v) is 13.8. The molecule has 0 fully saturated rings. The summed E-state index contributed by atoms with van der Waals surface area (Å²) in [5.74, 6) is 0. The maximum Gasteiger partial charge on any atom is 0.546 e. The lowest BCUT2D eigenvalue weighted by molar-refractivity contribution is 0.153. The molecule has 0 bridgehead atoms. The van der Waals surface area contributed by atoms with E-state index >= 15 is 0 Å². The van der Waals surface area contributed by atoms with Crippen LogP contribution >= 0.6 is 67.8 Å². The molecule has 0 aliphatic rings. The zero-order chi connectivity index (χ0) is 24.0. The molecule has 1 aromatic rings. The monoisotopic (exact) mass is 632 g/mol. The van der Waals surface area contributed by atoms with Crippen LogP contribution in [0.4, 0.5) is 0 Å². The van der Waals surface area contributed by atoms with Crippen LogP contribution in [0.5, 0.6) is 0 Å². The first kappa shape index (κ1) is 28.6. The molecule has 0 radical (unpaired) electrons. The first-order valence-corrected chi connectivity index (χ1v) is 14.9. The molecule has 0 amide bonds. The molecule has 0 aliphatic heterocycles. The fourth-order valence-corrected chi connectivity index (χ4v) is 6.99. The third-order valence-electron chi connectivity index (χ3n) is 2.88. The standard InChI is InChI=1S/C8H4Cl6O12S4/c9-5-3(1-25(27(13,15)16)29(19,20)21)6(10)8(12)4(7(5)11)2-26(28(14,17)18)30(22,23)24/h1-2H2/p+2. The average Bonchev–Trinajstić information content (AvgIpc) is 2.48. The molecule has 0 spiro atoms. The summed E-state index contributed by atoms with van der Waals surface area (Å²) in [5.41, 5.74) is -1.33. The molecule has 1 aromatic carbocycles. The van der Waals surface area contributed by atoms with Crippen LogP contribution in [0.3, 0.4) is 0 Å². The fourth-order valence-electron chi connectivity index (χ4n) is 1.71. The Labute approximate surface area is 199 Å². The van der Waals surface area contributed by atoms with E-state index in [2.05, 4.69) is 0 Å². The van der Waals surface area contributed by atoms with Gasteiger partial charge in [0.25, 0.3) is 0 Å². The Morgan fingerprint density at radius 1 is 0.567 bits per heavy atom. The minimum atomic E-state index is -5.54. The Balaban J connectivity index is 3.73. The van der Waals surface area contributed by atoms with Crippen molar-refractivity contribution in [3.05, 3.63) is 31.2 Å². The third kappa shape index (κ3) is 6.80. The van der Waals surface area contributed by atoms with Crippen LogP contribution in [0.25, 0.3) is 0 Å². The maximum absolute atomic E-state index is 11.4. The number of rotatable bonds is 8. The Hall–Kier alpha value is 0.600. The van der Waals surface area contributed by atoms with Gasteiger partial charge in [-0.1, -0.05) is 46.4 Å². The van der Waals surface area contributed by atoms with Crippen molar-refractivity contribution in [2.24, 2.45) is 0 Å². The molecular formula is C8H6Cl6O12S4+2. The van der Waals surface area contributed by atoms with Crippen molar-refractivity contribution < 1.29 is 49.3 Å². The third-order valence-corrected chi connectivity index (χ3v) is 10.5. The van der Waals surface area contributed by atoms with Crippen LogP contribution in [-0.2, 0) is 59.2 Å². The Morgan fingerprint density at radius 3 is 0.900 bits per heavy atom. The molecule has 30 heavy (non-hydrogen) atoms. The summed E-state index contributed by atoms with van der Waals surface area (Å²) in [6.45, 7) is -2.80. The van der Waals surface area contributed by atoms with Crippen molar-refractivity contribution in [3.63, 3.8) is 0 Å². The van der Waals surface area contributed by atoms with Crippen LogP contribution in [0.2, 0.25) is 20.1 Å². The number of hydrogen-bond acceptors (Lipinski definition) is 8. The van der Waals surface area contributed by atoms with Gasteiger partial charge in [0.15, 0.2) is 0 Å².